The predicted octanol–water partition coefficient (Wildman–Crippen LogP) is 4.58. The van der Waals surface area contributed by atoms with Gasteiger partial charge in [0.1, 0.15) is 0 Å². The van der Waals surface area contributed by atoms with Gasteiger partial charge >= 0.3 is 248 Å². The molecule has 0 saturated carbocycles. The van der Waals surface area contributed by atoms with Crippen LogP contribution in [0.3, 0.4) is 0 Å². The van der Waals surface area contributed by atoms with Crippen molar-refractivity contribution in [3.05, 3.63) is 127 Å². The van der Waals surface area contributed by atoms with Crippen LogP contribution < -0.4 is 24.8 Å². The van der Waals surface area contributed by atoms with Crippen LogP contribution in [0.25, 0.3) is 34.4 Å². The SMILES string of the molecule is CC1=Cc2c(-c3c(C)cc(C)cc3C)cccc2[CH]1[Zr+2][CH]1C(C)=Cc2c(-c3c(C)cc(C)cc3C)cccc21.[Cl-].[Cl-]. The van der Waals surface area contributed by atoms with Crippen LogP contribution in [0.15, 0.2) is 71.8 Å². The molecular formula is C38H38Cl2Zr. The molecular weight excluding hydrogens is 619 g/mol. The normalized spacial score (nSPS) is 16.6. The van der Waals surface area contributed by atoms with Gasteiger partial charge in [-0.05, 0) is 0 Å². The number of aryl methyl sites for hydroxylation is 6. The van der Waals surface area contributed by atoms with E-state index >= 15 is 0 Å². The Morgan fingerprint density at radius 3 is 1.17 bits per heavy atom. The van der Waals surface area contributed by atoms with E-state index in [1.807, 2.05) is 0 Å². The van der Waals surface area contributed by atoms with E-state index in [4.69, 9.17) is 0 Å². The second kappa shape index (κ2) is 12.2. The Kier molecular flexibility index (Phi) is 9.45. The minimum atomic E-state index is -0.897. The first-order chi connectivity index (χ1) is 18.6. The van der Waals surface area contributed by atoms with Crippen molar-refractivity contribution in [3.8, 4) is 22.3 Å². The molecule has 41 heavy (non-hydrogen) atoms. The van der Waals surface area contributed by atoms with E-state index in [2.05, 4.69) is 128 Å². The van der Waals surface area contributed by atoms with Crippen LogP contribution in [-0.4, -0.2) is 0 Å². The fourth-order valence-corrected chi connectivity index (χ4v) is 12.0. The van der Waals surface area contributed by atoms with Crippen molar-refractivity contribution in [1.29, 1.82) is 0 Å². The zero-order chi connectivity index (χ0) is 27.6. The van der Waals surface area contributed by atoms with Gasteiger partial charge in [-0.2, -0.15) is 0 Å². The largest absolute Gasteiger partial charge is 1.00 e. The summed E-state index contributed by atoms with van der Waals surface area (Å²) in [4.78, 5) is 0. The maximum Gasteiger partial charge on any atom is -1.00 e. The Bertz CT molecular complexity index is 1550. The molecule has 0 nitrogen and oxygen atoms in total. The molecule has 0 amide bonds. The van der Waals surface area contributed by atoms with Gasteiger partial charge in [-0.1, -0.05) is 0 Å². The number of hydrogen-bond donors (Lipinski definition) is 0. The molecule has 0 aromatic heterocycles. The fourth-order valence-electron chi connectivity index (χ4n) is 7.36. The average molecular weight is 657 g/mol. The molecule has 2 unspecified atom stereocenters. The van der Waals surface area contributed by atoms with Gasteiger partial charge in [0, 0.05) is 0 Å². The van der Waals surface area contributed by atoms with Crippen molar-refractivity contribution in [1.82, 2.24) is 0 Å². The van der Waals surface area contributed by atoms with Crippen LogP contribution in [0, 0.1) is 41.5 Å². The quantitative estimate of drug-likeness (QED) is 0.302. The third kappa shape index (κ3) is 5.51. The topological polar surface area (TPSA) is 0 Å². The second-order valence-electron chi connectivity index (χ2n) is 12.0. The number of rotatable bonds is 4. The van der Waals surface area contributed by atoms with Crippen LogP contribution in [-0.2, 0) is 23.2 Å². The predicted molar refractivity (Wildman–Crippen MR) is 165 cm³/mol. The maximum atomic E-state index is 2.51. The number of fused-ring (bicyclic) bond motifs is 2. The Labute approximate surface area is 270 Å². The number of benzene rings is 4. The van der Waals surface area contributed by atoms with Gasteiger partial charge in [0.15, 0.2) is 0 Å². The van der Waals surface area contributed by atoms with Gasteiger partial charge in [0.05, 0.1) is 0 Å². The smallest absolute Gasteiger partial charge is 1.00 e. The summed E-state index contributed by atoms with van der Waals surface area (Å²) in [7, 11) is 0. The first-order valence-corrected chi connectivity index (χ1v) is 17.0. The third-order valence-electron chi connectivity index (χ3n) is 8.78. The van der Waals surface area contributed by atoms with Crippen molar-refractivity contribution in [2.75, 3.05) is 0 Å². The van der Waals surface area contributed by atoms with Crippen molar-refractivity contribution < 1.29 is 48.0 Å². The van der Waals surface area contributed by atoms with Crippen molar-refractivity contribution in [2.45, 2.75) is 62.6 Å². The molecule has 0 aliphatic heterocycles. The van der Waals surface area contributed by atoms with Crippen molar-refractivity contribution in [3.63, 3.8) is 0 Å². The zero-order valence-electron chi connectivity index (χ0n) is 25.3. The first kappa shape index (κ1) is 31.8. The molecule has 208 valence electrons. The molecule has 4 aromatic carbocycles. The summed E-state index contributed by atoms with van der Waals surface area (Å²) in [5.41, 5.74) is 23.1. The Morgan fingerprint density at radius 2 is 0.829 bits per heavy atom. The molecule has 0 bridgehead atoms. The summed E-state index contributed by atoms with van der Waals surface area (Å²) in [5.74, 6) is 0. The molecule has 2 aliphatic carbocycles. The Balaban J connectivity index is 0.00000194. The van der Waals surface area contributed by atoms with Gasteiger partial charge in [-0.25, -0.2) is 0 Å². The Hall–Kier alpha value is -2.18. The van der Waals surface area contributed by atoms with Crippen LogP contribution in [0.4, 0.5) is 0 Å². The van der Waals surface area contributed by atoms with Gasteiger partial charge in [-0.3, -0.25) is 0 Å². The summed E-state index contributed by atoms with van der Waals surface area (Å²) < 4.78 is 1.22. The van der Waals surface area contributed by atoms with E-state index < -0.39 is 23.2 Å². The molecule has 0 heterocycles. The molecule has 0 saturated heterocycles. The van der Waals surface area contributed by atoms with Crippen molar-refractivity contribution in [2.24, 2.45) is 0 Å². The number of halogens is 2. The molecule has 2 atom stereocenters. The molecule has 4 aromatic rings. The van der Waals surface area contributed by atoms with E-state index in [9.17, 15) is 0 Å². The average Bonchev–Trinajstić information content (AvgIpc) is 3.35. The molecule has 0 N–H and O–H groups in total. The number of hydrogen-bond acceptors (Lipinski definition) is 0. The minimum Gasteiger partial charge on any atom is -1.00 e. The molecule has 0 fully saturated rings. The summed E-state index contributed by atoms with van der Waals surface area (Å²) in [6.45, 7) is 18.3. The van der Waals surface area contributed by atoms with E-state index in [1.54, 1.807) is 22.3 Å². The molecule has 0 spiro atoms. The van der Waals surface area contributed by atoms with Gasteiger partial charge < -0.3 is 24.8 Å². The minimum absolute atomic E-state index is 0. The van der Waals surface area contributed by atoms with E-state index in [0.29, 0.717) is 7.25 Å². The monoisotopic (exact) mass is 654 g/mol. The fraction of sp³-hybridized carbons (Fsp3) is 0.263. The molecule has 2 aliphatic rings. The van der Waals surface area contributed by atoms with Crippen LogP contribution in [0.2, 0.25) is 0 Å². The van der Waals surface area contributed by atoms with Gasteiger partial charge in [-0.15, -0.1) is 0 Å². The van der Waals surface area contributed by atoms with Crippen molar-refractivity contribution >= 4 is 12.2 Å². The Morgan fingerprint density at radius 1 is 0.488 bits per heavy atom. The summed E-state index contributed by atoms with van der Waals surface area (Å²) >= 11 is -0.897. The van der Waals surface area contributed by atoms with Gasteiger partial charge in [0.25, 0.3) is 0 Å². The van der Waals surface area contributed by atoms with Crippen LogP contribution in [0.1, 0.15) is 76.7 Å². The second-order valence-corrected chi connectivity index (χ2v) is 15.6. The van der Waals surface area contributed by atoms with Crippen LogP contribution >= 0.6 is 0 Å². The number of allylic oxidation sites excluding steroid dienone is 2. The summed E-state index contributed by atoms with van der Waals surface area (Å²) in [6.07, 6.45) is 5.03. The summed E-state index contributed by atoms with van der Waals surface area (Å²) in [6, 6.07) is 23.5. The van der Waals surface area contributed by atoms with E-state index in [1.165, 1.54) is 66.8 Å². The van der Waals surface area contributed by atoms with Gasteiger partial charge in [0.2, 0.25) is 0 Å². The molecule has 6 rings (SSSR count). The first-order valence-electron chi connectivity index (χ1n) is 14.2. The maximum absolute atomic E-state index is 2.51. The molecule has 3 heteroatoms. The zero-order valence-corrected chi connectivity index (χ0v) is 29.3. The van der Waals surface area contributed by atoms with E-state index in [0.717, 1.165) is 0 Å². The molecule has 0 radical (unpaired) electrons. The summed E-state index contributed by atoms with van der Waals surface area (Å²) in [5, 5.41) is 0. The van der Waals surface area contributed by atoms with Crippen LogP contribution in [0.5, 0.6) is 0 Å². The third-order valence-corrected chi connectivity index (χ3v) is 14.2. The standard InChI is InChI=1S/2C19H19.2ClH.Zr/c2*1-12-8-14(3)19(15(4)9-12)17-7-5-6-16-10-13(2)11-18(16)17;;;/h2*5-11H,1-4H3;2*1H;/q;;;;+2/p-2. The van der Waals surface area contributed by atoms with E-state index in [-0.39, 0.29) is 24.8 Å².